The van der Waals surface area contributed by atoms with Crippen molar-refractivity contribution in [2.24, 2.45) is 0 Å². The number of aryl methyl sites for hydroxylation is 1. The van der Waals surface area contributed by atoms with Crippen molar-refractivity contribution < 1.29 is 27.6 Å². The number of alkyl halides is 3. The molecular weight excluding hydrogens is 441 g/mol. The van der Waals surface area contributed by atoms with Gasteiger partial charge in [-0.05, 0) is 38.0 Å². The largest absolute Gasteiger partial charge is 0.457 e. The molecule has 0 spiro atoms. The van der Waals surface area contributed by atoms with E-state index in [-0.39, 0.29) is 23.0 Å². The number of nitrogens with one attached hydrogen (secondary N) is 1. The Kier molecular flexibility index (Phi) is 5.79. The molecule has 0 radical (unpaired) electrons. The monoisotopic (exact) mass is 460 g/mol. The average molecular weight is 460 g/mol. The summed E-state index contributed by atoms with van der Waals surface area (Å²) < 4.78 is 45.9. The summed E-state index contributed by atoms with van der Waals surface area (Å²) in [7, 11) is 0. The summed E-state index contributed by atoms with van der Waals surface area (Å²) in [6.07, 6.45) is -3.15. The van der Waals surface area contributed by atoms with Crippen LogP contribution in [0.5, 0.6) is 11.5 Å². The lowest BCUT2D eigenvalue weighted by atomic mass is 10.2. The Morgan fingerprint density at radius 2 is 1.88 bits per heavy atom. The molecule has 1 heterocycles. The van der Waals surface area contributed by atoms with Crippen molar-refractivity contribution in [2.75, 3.05) is 5.32 Å². The fourth-order valence-electron chi connectivity index (χ4n) is 3.30. The molecule has 0 aliphatic heterocycles. The number of amides is 1. The van der Waals surface area contributed by atoms with E-state index in [0.717, 1.165) is 35.2 Å². The van der Waals surface area contributed by atoms with E-state index < -0.39 is 29.2 Å². The number of halogens is 3. The third kappa shape index (κ3) is 5.48. The summed E-state index contributed by atoms with van der Waals surface area (Å²) in [5.74, 6) is -0.159. The molecule has 0 saturated heterocycles. The number of hydrogen-bond donors (Lipinski definition) is 1. The van der Waals surface area contributed by atoms with Crippen molar-refractivity contribution in [1.29, 1.82) is 0 Å². The van der Waals surface area contributed by atoms with Crippen LogP contribution >= 0.6 is 0 Å². The predicted octanol–water partition coefficient (Wildman–Crippen LogP) is 5.43. The lowest BCUT2D eigenvalue weighted by Crippen LogP contribution is -2.21. The van der Waals surface area contributed by atoms with Crippen LogP contribution in [0.25, 0.3) is 0 Å². The number of rotatable bonds is 7. The molecule has 3 aromatic rings. The maximum Gasteiger partial charge on any atom is 0.435 e. The summed E-state index contributed by atoms with van der Waals surface area (Å²) >= 11 is 0. The van der Waals surface area contributed by atoms with E-state index in [4.69, 9.17) is 4.74 Å². The molecule has 33 heavy (non-hydrogen) atoms. The van der Waals surface area contributed by atoms with Gasteiger partial charge in [-0.15, -0.1) is 0 Å². The molecule has 8 nitrogen and oxygen atoms in total. The number of nitro groups is 1. The average Bonchev–Trinajstić information content (AvgIpc) is 3.48. The van der Waals surface area contributed by atoms with Crippen LogP contribution in [0.15, 0.2) is 48.5 Å². The number of nitrogens with zero attached hydrogens (tertiary/aromatic N) is 3. The van der Waals surface area contributed by atoms with Crippen molar-refractivity contribution in [2.45, 2.75) is 38.4 Å². The SMILES string of the molecule is Cc1ccc(Oc2cc(NC(=O)Cn3nc(C(F)(F)F)cc3C3CC3)cc([N+](=O)[O-])c2)cc1. The first-order chi connectivity index (χ1) is 15.6. The summed E-state index contributed by atoms with van der Waals surface area (Å²) in [4.78, 5) is 23.2. The molecule has 1 aliphatic rings. The van der Waals surface area contributed by atoms with E-state index in [2.05, 4.69) is 10.4 Å². The molecular formula is C22H19F3N4O4. The zero-order valence-electron chi connectivity index (χ0n) is 17.4. The van der Waals surface area contributed by atoms with Gasteiger partial charge >= 0.3 is 6.18 Å². The van der Waals surface area contributed by atoms with Crippen LogP contribution in [-0.4, -0.2) is 20.6 Å². The van der Waals surface area contributed by atoms with Crippen LogP contribution in [0.2, 0.25) is 0 Å². The van der Waals surface area contributed by atoms with Crippen LogP contribution in [0.3, 0.4) is 0 Å². The Morgan fingerprint density at radius 3 is 2.48 bits per heavy atom. The number of carbonyl (C=O) groups is 1. The van der Waals surface area contributed by atoms with Gasteiger partial charge in [-0.25, -0.2) is 0 Å². The Labute approximate surface area is 186 Å². The number of nitro benzene ring substituents is 1. The number of carbonyl (C=O) groups excluding carboxylic acids is 1. The second kappa shape index (κ2) is 8.57. The highest BCUT2D eigenvalue weighted by molar-refractivity contribution is 5.91. The summed E-state index contributed by atoms with van der Waals surface area (Å²) in [5.41, 5.74) is 0.0629. The second-order valence-corrected chi connectivity index (χ2v) is 7.82. The normalized spacial score (nSPS) is 13.6. The fourth-order valence-corrected chi connectivity index (χ4v) is 3.30. The molecule has 1 aliphatic carbocycles. The molecule has 1 amide bonds. The fraction of sp³-hybridized carbons (Fsp3) is 0.273. The van der Waals surface area contributed by atoms with Gasteiger partial charge in [0.05, 0.1) is 16.7 Å². The third-order valence-electron chi connectivity index (χ3n) is 5.03. The molecule has 172 valence electrons. The topological polar surface area (TPSA) is 99.3 Å². The van der Waals surface area contributed by atoms with Crippen LogP contribution < -0.4 is 10.1 Å². The van der Waals surface area contributed by atoms with Crippen LogP contribution in [0.4, 0.5) is 24.5 Å². The highest BCUT2D eigenvalue weighted by Gasteiger charge is 2.38. The highest BCUT2D eigenvalue weighted by atomic mass is 19.4. The second-order valence-electron chi connectivity index (χ2n) is 7.82. The van der Waals surface area contributed by atoms with Gasteiger partial charge in [0.2, 0.25) is 5.91 Å². The first kappa shape index (κ1) is 22.3. The summed E-state index contributed by atoms with van der Waals surface area (Å²) in [6.45, 7) is 1.44. The van der Waals surface area contributed by atoms with Crippen LogP contribution in [0, 0.1) is 17.0 Å². The van der Waals surface area contributed by atoms with Gasteiger partial charge in [-0.3, -0.25) is 19.6 Å². The summed E-state index contributed by atoms with van der Waals surface area (Å²) in [6, 6.07) is 11.7. The Morgan fingerprint density at radius 1 is 1.18 bits per heavy atom. The van der Waals surface area contributed by atoms with E-state index >= 15 is 0 Å². The quantitative estimate of drug-likeness (QED) is 0.375. The van der Waals surface area contributed by atoms with Crippen molar-refractivity contribution in [3.05, 3.63) is 75.6 Å². The molecule has 2 aromatic carbocycles. The molecule has 0 bridgehead atoms. The Bertz CT molecular complexity index is 1200. The maximum absolute atomic E-state index is 13.1. The van der Waals surface area contributed by atoms with Gasteiger partial charge in [-0.1, -0.05) is 17.7 Å². The first-order valence-electron chi connectivity index (χ1n) is 10.1. The number of benzene rings is 2. The number of hydrogen-bond acceptors (Lipinski definition) is 5. The van der Waals surface area contributed by atoms with Crippen molar-refractivity contribution in [3.8, 4) is 11.5 Å². The summed E-state index contributed by atoms with van der Waals surface area (Å²) in [5, 5.41) is 17.4. The minimum Gasteiger partial charge on any atom is -0.457 e. The standard InChI is InChI=1S/C22H19F3N4O4/c1-13-2-6-17(7-3-13)33-18-9-15(8-16(10-18)29(31)32)26-21(30)12-28-19(14-4-5-14)11-20(27-28)22(23,24)25/h2-3,6-11,14H,4-5,12H2,1H3,(H,26,30). The zero-order chi connectivity index (χ0) is 23.8. The minimum absolute atomic E-state index is 0.0614. The van der Waals surface area contributed by atoms with E-state index in [9.17, 15) is 28.1 Å². The van der Waals surface area contributed by atoms with E-state index in [1.807, 2.05) is 19.1 Å². The smallest absolute Gasteiger partial charge is 0.435 e. The molecule has 1 N–H and O–H groups in total. The molecule has 0 unspecified atom stereocenters. The molecule has 4 rings (SSSR count). The number of non-ortho nitro benzene ring substituents is 1. The number of anilines is 1. The van der Waals surface area contributed by atoms with Gasteiger partial charge in [0, 0.05) is 23.7 Å². The van der Waals surface area contributed by atoms with Gasteiger partial charge < -0.3 is 10.1 Å². The van der Waals surface area contributed by atoms with Gasteiger partial charge in [-0.2, -0.15) is 18.3 Å². The zero-order valence-corrected chi connectivity index (χ0v) is 17.4. The first-order valence-corrected chi connectivity index (χ1v) is 10.1. The maximum atomic E-state index is 13.1. The molecule has 1 saturated carbocycles. The van der Waals surface area contributed by atoms with Crippen LogP contribution in [0.1, 0.15) is 35.7 Å². The van der Waals surface area contributed by atoms with Crippen LogP contribution in [-0.2, 0) is 17.5 Å². The predicted molar refractivity (Wildman–Crippen MR) is 112 cm³/mol. The van der Waals surface area contributed by atoms with Crippen molar-refractivity contribution >= 4 is 17.3 Å². The Hall–Kier alpha value is -3.89. The van der Waals surface area contributed by atoms with Gasteiger partial charge in [0.25, 0.3) is 5.69 Å². The van der Waals surface area contributed by atoms with Crippen molar-refractivity contribution in [1.82, 2.24) is 9.78 Å². The number of ether oxygens (including phenoxy) is 1. The van der Waals surface area contributed by atoms with Gasteiger partial charge in [0.15, 0.2) is 5.69 Å². The molecule has 11 heteroatoms. The van der Waals surface area contributed by atoms with Gasteiger partial charge in [0.1, 0.15) is 18.0 Å². The highest BCUT2D eigenvalue weighted by Crippen LogP contribution is 2.42. The van der Waals surface area contributed by atoms with Crippen molar-refractivity contribution in [3.63, 3.8) is 0 Å². The minimum atomic E-state index is -4.62. The molecule has 0 atom stereocenters. The van der Waals surface area contributed by atoms with E-state index in [0.29, 0.717) is 11.4 Å². The molecule has 1 fully saturated rings. The van der Waals surface area contributed by atoms with E-state index in [1.165, 1.54) is 12.1 Å². The third-order valence-corrected chi connectivity index (χ3v) is 5.03. The van der Waals surface area contributed by atoms with E-state index in [1.54, 1.807) is 12.1 Å². The lowest BCUT2D eigenvalue weighted by Gasteiger charge is -2.11. The number of aromatic nitrogens is 2. The molecule has 1 aromatic heterocycles. The lowest BCUT2D eigenvalue weighted by molar-refractivity contribution is -0.384. The Balaban J connectivity index is 1.54.